The molecule has 1 aliphatic rings. The average molecular weight is 353 g/mol. The molecule has 2 aromatic rings. The van der Waals surface area contributed by atoms with Crippen LogP contribution in [0.4, 0.5) is 5.69 Å². The predicted molar refractivity (Wildman–Crippen MR) is 104 cm³/mol. The Balaban J connectivity index is 1.74. The molecule has 3 N–H and O–H groups in total. The minimum Gasteiger partial charge on any atom is -0.399 e. The van der Waals surface area contributed by atoms with Gasteiger partial charge in [0.2, 0.25) is 5.91 Å². The maximum absolute atomic E-state index is 12.9. The summed E-state index contributed by atoms with van der Waals surface area (Å²) in [6.45, 7) is 2.26. The molecule has 1 fully saturated rings. The normalized spacial score (nSPS) is 18.6. The topological polar surface area (TPSA) is 69.8 Å². The number of carbonyl (C=O) groups excluding carboxylic acids is 1. The number of amides is 1. The second-order valence-electron chi connectivity index (χ2n) is 7.05. The van der Waals surface area contributed by atoms with Crippen molar-refractivity contribution < 1.29 is 9.90 Å². The molecule has 0 aliphatic carbocycles. The van der Waals surface area contributed by atoms with E-state index in [4.69, 9.17) is 5.73 Å². The number of benzene rings is 2. The fourth-order valence-electron chi connectivity index (χ4n) is 3.46. The number of anilines is 1. The Morgan fingerprint density at radius 1 is 1.23 bits per heavy atom. The summed E-state index contributed by atoms with van der Waals surface area (Å²) < 4.78 is 0. The van der Waals surface area contributed by atoms with Crippen molar-refractivity contribution in [2.24, 2.45) is 0 Å². The lowest BCUT2D eigenvalue weighted by Crippen LogP contribution is -2.39. The van der Waals surface area contributed by atoms with Crippen molar-refractivity contribution in [1.82, 2.24) is 9.80 Å². The molecule has 1 unspecified atom stereocenters. The fraction of sp³-hybridized carbons (Fsp3) is 0.381. The lowest BCUT2D eigenvalue weighted by atomic mass is 10.0. The SMILES string of the molecule is CN(C(=O)Cc1ccc(N)cc1)C(CN1CC[C@@H](O)C1)c1ccccc1. The zero-order valence-electron chi connectivity index (χ0n) is 15.2. The van der Waals surface area contributed by atoms with Gasteiger partial charge >= 0.3 is 0 Å². The van der Waals surface area contributed by atoms with Crippen LogP contribution >= 0.6 is 0 Å². The molecule has 26 heavy (non-hydrogen) atoms. The van der Waals surface area contributed by atoms with Crippen molar-refractivity contribution >= 4 is 11.6 Å². The quantitative estimate of drug-likeness (QED) is 0.780. The number of likely N-dealkylation sites (tertiary alicyclic amines) is 1. The van der Waals surface area contributed by atoms with Crippen LogP contribution in [-0.2, 0) is 11.2 Å². The molecule has 0 radical (unpaired) electrons. The number of β-amino-alcohol motifs (C(OH)–C–C–N with tert-alkyl or cyclic N) is 1. The van der Waals surface area contributed by atoms with Crippen LogP contribution in [0.15, 0.2) is 54.6 Å². The van der Waals surface area contributed by atoms with Crippen LogP contribution in [0.3, 0.4) is 0 Å². The number of rotatable bonds is 6. The molecule has 0 aromatic heterocycles. The van der Waals surface area contributed by atoms with Gasteiger partial charge in [0.05, 0.1) is 18.6 Å². The second-order valence-corrected chi connectivity index (χ2v) is 7.05. The van der Waals surface area contributed by atoms with Gasteiger partial charge in [0, 0.05) is 32.4 Å². The molecule has 2 atom stereocenters. The number of hydrogen-bond acceptors (Lipinski definition) is 4. The van der Waals surface area contributed by atoms with Gasteiger partial charge in [-0.1, -0.05) is 42.5 Å². The summed E-state index contributed by atoms with van der Waals surface area (Å²) in [5.74, 6) is 0.0726. The molecule has 5 nitrogen and oxygen atoms in total. The highest BCUT2D eigenvalue weighted by molar-refractivity contribution is 5.79. The molecular weight excluding hydrogens is 326 g/mol. The summed E-state index contributed by atoms with van der Waals surface area (Å²) in [5.41, 5.74) is 8.49. The Hall–Kier alpha value is -2.37. The lowest BCUT2D eigenvalue weighted by Gasteiger charge is -2.32. The molecule has 0 spiro atoms. The number of nitrogens with zero attached hydrogens (tertiary/aromatic N) is 2. The van der Waals surface area contributed by atoms with Crippen LogP contribution < -0.4 is 5.73 Å². The van der Waals surface area contributed by atoms with Gasteiger partial charge in [-0.3, -0.25) is 9.69 Å². The number of nitrogens with two attached hydrogens (primary N) is 1. The van der Waals surface area contributed by atoms with E-state index < -0.39 is 0 Å². The summed E-state index contributed by atoms with van der Waals surface area (Å²) >= 11 is 0. The molecular formula is C21H27N3O2. The zero-order chi connectivity index (χ0) is 18.5. The highest BCUT2D eigenvalue weighted by Crippen LogP contribution is 2.24. The zero-order valence-corrected chi connectivity index (χ0v) is 15.2. The smallest absolute Gasteiger partial charge is 0.227 e. The highest BCUT2D eigenvalue weighted by Gasteiger charge is 2.28. The number of carbonyl (C=O) groups is 1. The Morgan fingerprint density at radius 2 is 1.92 bits per heavy atom. The van der Waals surface area contributed by atoms with Crippen molar-refractivity contribution in [2.45, 2.75) is 25.0 Å². The van der Waals surface area contributed by atoms with E-state index in [0.29, 0.717) is 18.7 Å². The largest absolute Gasteiger partial charge is 0.399 e. The van der Waals surface area contributed by atoms with Gasteiger partial charge in [-0.25, -0.2) is 0 Å². The van der Waals surface area contributed by atoms with Gasteiger partial charge in [0.1, 0.15) is 0 Å². The van der Waals surface area contributed by atoms with Crippen molar-refractivity contribution in [3.05, 3.63) is 65.7 Å². The maximum atomic E-state index is 12.9. The molecule has 0 saturated carbocycles. The molecule has 138 valence electrons. The van der Waals surface area contributed by atoms with Gasteiger partial charge in [-0.15, -0.1) is 0 Å². The predicted octanol–water partition coefficient (Wildman–Crippen LogP) is 2.08. The molecule has 2 aromatic carbocycles. The van der Waals surface area contributed by atoms with Gasteiger partial charge in [0.25, 0.3) is 0 Å². The molecule has 1 amide bonds. The van der Waals surface area contributed by atoms with Crippen molar-refractivity contribution in [1.29, 1.82) is 0 Å². The van der Waals surface area contributed by atoms with Crippen LogP contribution in [0, 0.1) is 0 Å². The number of hydrogen-bond donors (Lipinski definition) is 2. The fourth-order valence-corrected chi connectivity index (χ4v) is 3.46. The molecule has 0 bridgehead atoms. The minimum atomic E-state index is -0.262. The molecule has 1 saturated heterocycles. The number of aliphatic hydroxyl groups excluding tert-OH is 1. The first-order chi connectivity index (χ1) is 12.5. The Kier molecular flexibility index (Phi) is 5.91. The van der Waals surface area contributed by atoms with Gasteiger partial charge in [-0.05, 0) is 29.7 Å². The maximum Gasteiger partial charge on any atom is 0.227 e. The van der Waals surface area contributed by atoms with Crippen molar-refractivity contribution in [3.63, 3.8) is 0 Å². The third-order valence-electron chi connectivity index (χ3n) is 5.06. The second kappa shape index (κ2) is 8.34. The summed E-state index contributed by atoms with van der Waals surface area (Å²) in [6, 6.07) is 17.5. The van der Waals surface area contributed by atoms with Gasteiger partial charge < -0.3 is 15.7 Å². The summed E-state index contributed by atoms with van der Waals surface area (Å²) in [4.78, 5) is 16.9. The van der Waals surface area contributed by atoms with Crippen LogP contribution in [0.1, 0.15) is 23.6 Å². The first-order valence-electron chi connectivity index (χ1n) is 9.08. The third kappa shape index (κ3) is 4.62. The third-order valence-corrected chi connectivity index (χ3v) is 5.06. The lowest BCUT2D eigenvalue weighted by molar-refractivity contribution is -0.131. The first kappa shape index (κ1) is 18.4. The van der Waals surface area contributed by atoms with Gasteiger partial charge in [0.15, 0.2) is 0 Å². The van der Waals surface area contributed by atoms with Crippen LogP contribution in [0.25, 0.3) is 0 Å². The molecule has 5 heteroatoms. The van der Waals surface area contributed by atoms with E-state index in [-0.39, 0.29) is 18.1 Å². The highest BCUT2D eigenvalue weighted by atomic mass is 16.3. The van der Waals surface area contributed by atoms with Crippen molar-refractivity contribution in [2.75, 3.05) is 32.4 Å². The number of aliphatic hydroxyl groups is 1. The van der Waals surface area contributed by atoms with E-state index in [1.54, 1.807) is 0 Å². The Bertz CT molecular complexity index is 718. The summed E-state index contributed by atoms with van der Waals surface area (Å²) in [5, 5.41) is 9.82. The minimum absolute atomic E-state index is 0.0391. The number of nitrogen functional groups attached to an aromatic ring is 1. The van der Waals surface area contributed by atoms with Crippen LogP contribution in [0.5, 0.6) is 0 Å². The van der Waals surface area contributed by atoms with Gasteiger partial charge in [-0.2, -0.15) is 0 Å². The van der Waals surface area contributed by atoms with E-state index in [2.05, 4.69) is 17.0 Å². The first-order valence-corrected chi connectivity index (χ1v) is 9.08. The summed E-state index contributed by atoms with van der Waals surface area (Å²) in [6.07, 6.45) is 0.884. The Morgan fingerprint density at radius 3 is 2.54 bits per heavy atom. The van der Waals surface area contributed by atoms with Crippen LogP contribution in [0.2, 0.25) is 0 Å². The van der Waals surface area contributed by atoms with Crippen molar-refractivity contribution in [3.8, 4) is 0 Å². The number of likely N-dealkylation sites (N-methyl/N-ethyl adjacent to an activating group) is 1. The standard InChI is InChI=1S/C21H27N3O2/c1-23(21(26)13-16-7-9-18(22)10-8-16)20(17-5-3-2-4-6-17)15-24-12-11-19(25)14-24/h2-10,19-20,25H,11-15,22H2,1H3/t19-,20?/m1/s1. The Labute approximate surface area is 155 Å². The van der Waals surface area contributed by atoms with Crippen LogP contribution in [-0.4, -0.2) is 53.6 Å². The molecule has 1 aliphatic heterocycles. The van der Waals surface area contributed by atoms with E-state index >= 15 is 0 Å². The monoisotopic (exact) mass is 353 g/mol. The summed E-state index contributed by atoms with van der Waals surface area (Å²) in [7, 11) is 1.86. The molecule has 3 rings (SSSR count). The average Bonchev–Trinajstić information content (AvgIpc) is 3.07. The van der Waals surface area contributed by atoms with E-state index in [1.807, 2.05) is 54.4 Å². The van der Waals surface area contributed by atoms with E-state index in [9.17, 15) is 9.90 Å². The van der Waals surface area contributed by atoms with E-state index in [0.717, 1.165) is 30.6 Å². The van der Waals surface area contributed by atoms with E-state index in [1.165, 1.54) is 0 Å². The molecule has 1 heterocycles.